The van der Waals surface area contributed by atoms with Crippen molar-refractivity contribution >= 4 is 15.7 Å². The van der Waals surface area contributed by atoms with Crippen LogP contribution in [0.25, 0.3) is 0 Å². The van der Waals surface area contributed by atoms with Crippen molar-refractivity contribution < 1.29 is 8.42 Å². The Morgan fingerprint density at radius 3 is 2.67 bits per heavy atom. The molecule has 2 N–H and O–H groups in total. The number of para-hydroxylation sites is 1. The lowest BCUT2D eigenvalue weighted by atomic mass is 10.3. The van der Waals surface area contributed by atoms with Crippen LogP contribution in [0.2, 0.25) is 0 Å². The Morgan fingerprint density at radius 2 is 2.00 bits per heavy atom. The maximum absolute atomic E-state index is 12.1. The lowest BCUT2D eigenvalue weighted by Gasteiger charge is -2.12. The first-order valence-electron chi connectivity index (χ1n) is 5.88. The quantitative estimate of drug-likeness (QED) is 0.584. The van der Waals surface area contributed by atoms with Crippen molar-refractivity contribution in [2.45, 2.75) is 24.7 Å². The Labute approximate surface area is 109 Å². The van der Waals surface area contributed by atoms with Crippen LogP contribution in [0, 0.1) is 12.3 Å². The first kappa shape index (κ1) is 14.6. The molecule has 1 rings (SSSR count). The number of sulfonamides is 1. The van der Waals surface area contributed by atoms with Crippen molar-refractivity contribution in [1.82, 2.24) is 4.72 Å². The van der Waals surface area contributed by atoms with E-state index in [0.29, 0.717) is 25.2 Å². The van der Waals surface area contributed by atoms with Crippen molar-refractivity contribution in [3.05, 3.63) is 24.3 Å². The lowest BCUT2D eigenvalue weighted by Crippen LogP contribution is -2.25. The van der Waals surface area contributed by atoms with Crippen LogP contribution in [0.3, 0.4) is 0 Å². The van der Waals surface area contributed by atoms with E-state index in [-0.39, 0.29) is 4.90 Å². The first-order valence-corrected chi connectivity index (χ1v) is 7.36. The van der Waals surface area contributed by atoms with E-state index in [1.54, 1.807) is 24.3 Å². The summed E-state index contributed by atoms with van der Waals surface area (Å²) in [5.41, 5.74) is 0.580. The fourth-order valence-electron chi connectivity index (χ4n) is 1.43. The minimum absolute atomic E-state index is 0.260. The Kier molecular flexibility index (Phi) is 5.69. The van der Waals surface area contributed by atoms with E-state index in [0.717, 1.165) is 6.42 Å². The molecule has 98 valence electrons. The molecule has 0 bridgehead atoms. The third-order valence-electron chi connectivity index (χ3n) is 2.30. The highest BCUT2D eigenvalue weighted by molar-refractivity contribution is 7.89. The monoisotopic (exact) mass is 266 g/mol. The predicted molar refractivity (Wildman–Crippen MR) is 73.9 cm³/mol. The highest BCUT2D eigenvalue weighted by Crippen LogP contribution is 2.20. The molecule has 0 atom stereocenters. The number of benzene rings is 1. The van der Waals surface area contributed by atoms with Gasteiger partial charge in [0.1, 0.15) is 4.90 Å². The van der Waals surface area contributed by atoms with Gasteiger partial charge < -0.3 is 5.32 Å². The van der Waals surface area contributed by atoms with E-state index in [1.807, 2.05) is 6.92 Å². The second-order valence-electron chi connectivity index (χ2n) is 3.77. The van der Waals surface area contributed by atoms with E-state index in [2.05, 4.69) is 16.0 Å². The maximum atomic E-state index is 12.1. The van der Waals surface area contributed by atoms with Gasteiger partial charge in [-0.1, -0.05) is 19.1 Å². The Morgan fingerprint density at radius 1 is 1.28 bits per heavy atom. The molecule has 0 aliphatic rings. The number of nitrogens with one attached hydrogen (secondary N) is 2. The van der Waals surface area contributed by atoms with Crippen LogP contribution in [0.5, 0.6) is 0 Å². The second kappa shape index (κ2) is 7.04. The van der Waals surface area contributed by atoms with Gasteiger partial charge in [-0.3, -0.25) is 0 Å². The third-order valence-corrected chi connectivity index (χ3v) is 3.82. The summed E-state index contributed by atoms with van der Waals surface area (Å²) in [7, 11) is -3.45. The number of anilines is 1. The van der Waals surface area contributed by atoms with Gasteiger partial charge in [0.25, 0.3) is 0 Å². The summed E-state index contributed by atoms with van der Waals surface area (Å²) in [6.45, 7) is 2.90. The van der Waals surface area contributed by atoms with Gasteiger partial charge in [0.15, 0.2) is 0 Å². The molecule has 0 aliphatic carbocycles. The molecule has 0 heterocycles. The van der Waals surface area contributed by atoms with Crippen LogP contribution >= 0.6 is 0 Å². The number of rotatable bonds is 7. The average molecular weight is 266 g/mol. The zero-order chi connectivity index (χ0) is 13.4. The van der Waals surface area contributed by atoms with Crippen molar-refractivity contribution in [2.24, 2.45) is 0 Å². The summed E-state index contributed by atoms with van der Waals surface area (Å²) < 4.78 is 26.7. The SMILES string of the molecule is C#CCCNc1ccccc1S(=O)(=O)NCCC. The summed E-state index contributed by atoms with van der Waals surface area (Å²) in [5.74, 6) is 2.50. The van der Waals surface area contributed by atoms with Crippen molar-refractivity contribution in [1.29, 1.82) is 0 Å². The van der Waals surface area contributed by atoms with E-state index in [4.69, 9.17) is 6.42 Å². The Balaban J connectivity index is 2.91. The largest absolute Gasteiger partial charge is 0.383 e. The van der Waals surface area contributed by atoms with Gasteiger partial charge in [-0.15, -0.1) is 12.3 Å². The molecule has 18 heavy (non-hydrogen) atoms. The molecule has 0 amide bonds. The normalized spacial score (nSPS) is 10.9. The van der Waals surface area contributed by atoms with E-state index < -0.39 is 10.0 Å². The van der Waals surface area contributed by atoms with Gasteiger partial charge in [0.2, 0.25) is 10.0 Å². The van der Waals surface area contributed by atoms with Gasteiger partial charge in [-0.05, 0) is 18.6 Å². The van der Waals surface area contributed by atoms with Gasteiger partial charge >= 0.3 is 0 Å². The fraction of sp³-hybridized carbons (Fsp3) is 0.385. The molecule has 0 aliphatic heterocycles. The smallest absolute Gasteiger partial charge is 0.242 e. The van der Waals surface area contributed by atoms with Crippen LogP contribution in [0.15, 0.2) is 29.2 Å². The van der Waals surface area contributed by atoms with E-state index >= 15 is 0 Å². The molecule has 0 unspecified atom stereocenters. The molecule has 0 radical (unpaired) electrons. The number of terminal acetylenes is 1. The first-order chi connectivity index (χ1) is 8.61. The van der Waals surface area contributed by atoms with Gasteiger partial charge in [-0.25, -0.2) is 13.1 Å². The summed E-state index contributed by atoms with van der Waals surface area (Å²) in [6, 6.07) is 6.80. The molecule has 4 nitrogen and oxygen atoms in total. The Hall–Kier alpha value is -1.51. The topological polar surface area (TPSA) is 58.2 Å². The molecular formula is C13H18N2O2S. The van der Waals surface area contributed by atoms with Crippen molar-refractivity contribution in [2.75, 3.05) is 18.4 Å². The highest BCUT2D eigenvalue weighted by atomic mass is 32.2. The predicted octanol–water partition coefficient (Wildman–Crippen LogP) is 1.81. The maximum Gasteiger partial charge on any atom is 0.242 e. The summed E-state index contributed by atoms with van der Waals surface area (Å²) in [5, 5.41) is 3.04. The van der Waals surface area contributed by atoms with E-state index in [9.17, 15) is 8.42 Å². The highest BCUT2D eigenvalue weighted by Gasteiger charge is 2.16. The van der Waals surface area contributed by atoms with Crippen molar-refractivity contribution in [3.8, 4) is 12.3 Å². The molecule has 0 saturated carbocycles. The van der Waals surface area contributed by atoms with Gasteiger partial charge in [0.05, 0.1) is 5.69 Å². The molecule has 0 fully saturated rings. The lowest BCUT2D eigenvalue weighted by molar-refractivity contribution is 0.581. The minimum atomic E-state index is -3.45. The van der Waals surface area contributed by atoms with Crippen molar-refractivity contribution in [3.63, 3.8) is 0 Å². The van der Waals surface area contributed by atoms with Crippen LogP contribution in [0.1, 0.15) is 19.8 Å². The van der Waals surface area contributed by atoms with E-state index in [1.165, 1.54) is 0 Å². The van der Waals surface area contributed by atoms with Crippen LogP contribution in [-0.4, -0.2) is 21.5 Å². The molecule has 1 aromatic carbocycles. The standard InChI is InChI=1S/C13H18N2O2S/c1-3-5-11-14-12-8-6-7-9-13(12)18(16,17)15-10-4-2/h1,6-9,14-15H,4-5,10-11H2,2H3. The van der Waals surface area contributed by atoms with Gasteiger partial charge in [-0.2, -0.15) is 0 Å². The van der Waals surface area contributed by atoms with Crippen LogP contribution in [0.4, 0.5) is 5.69 Å². The molecule has 5 heteroatoms. The fourth-order valence-corrected chi connectivity index (χ4v) is 2.75. The minimum Gasteiger partial charge on any atom is -0.383 e. The molecule has 0 saturated heterocycles. The number of hydrogen-bond acceptors (Lipinski definition) is 3. The zero-order valence-electron chi connectivity index (χ0n) is 10.4. The molecular weight excluding hydrogens is 248 g/mol. The third kappa shape index (κ3) is 4.06. The second-order valence-corrected chi connectivity index (χ2v) is 5.51. The zero-order valence-corrected chi connectivity index (χ0v) is 11.3. The average Bonchev–Trinajstić information content (AvgIpc) is 2.37. The van der Waals surface area contributed by atoms with Crippen LogP contribution < -0.4 is 10.0 Å². The molecule has 1 aromatic rings. The Bertz CT molecular complexity index is 518. The van der Waals surface area contributed by atoms with Crippen LogP contribution in [-0.2, 0) is 10.0 Å². The molecule has 0 aromatic heterocycles. The summed E-state index contributed by atoms with van der Waals surface area (Å²) >= 11 is 0. The van der Waals surface area contributed by atoms with Gasteiger partial charge in [0, 0.05) is 19.5 Å². The summed E-state index contributed by atoms with van der Waals surface area (Å²) in [4.78, 5) is 0.260. The summed E-state index contributed by atoms with van der Waals surface area (Å²) in [6.07, 6.45) is 6.47. The number of hydrogen-bond donors (Lipinski definition) is 2. The molecule has 0 spiro atoms.